The summed E-state index contributed by atoms with van der Waals surface area (Å²) in [5.41, 5.74) is 1.79. The van der Waals surface area contributed by atoms with Gasteiger partial charge in [-0.1, -0.05) is 42.5 Å². The van der Waals surface area contributed by atoms with Crippen LogP contribution in [0, 0.1) is 11.6 Å². The van der Waals surface area contributed by atoms with Gasteiger partial charge in [-0.2, -0.15) is 0 Å². The van der Waals surface area contributed by atoms with Gasteiger partial charge in [0.15, 0.2) is 28.9 Å². The van der Waals surface area contributed by atoms with Crippen LogP contribution < -0.4 is 9.47 Å². The van der Waals surface area contributed by atoms with Crippen LogP contribution in [-0.4, -0.2) is 12.9 Å². The third-order valence-electron chi connectivity index (χ3n) is 4.06. The van der Waals surface area contributed by atoms with Crippen LogP contribution in [0.25, 0.3) is 6.08 Å². The lowest BCUT2D eigenvalue weighted by molar-refractivity contribution is 0.104. The number of carbonyl (C=O) groups excluding carboxylic acids is 1. The van der Waals surface area contributed by atoms with E-state index in [9.17, 15) is 13.6 Å². The minimum Gasteiger partial charge on any atom is -0.493 e. The number of rotatable bonds is 7. The number of methoxy groups -OCH3 is 1. The van der Waals surface area contributed by atoms with E-state index < -0.39 is 17.4 Å². The van der Waals surface area contributed by atoms with Crippen molar-refractivity contribution in [3.05, 3.63) is 101 Å². The Morgan fingerprint density at radius 1 is 0.929 bits per heavy atom. The lowest BCUT2D eigenvalue weighted by atomic mass is 10.1. The molecule has 0 spiro atoms. The molecule has 0 aromatic heterocycles. The average molecular weight is 380 g/mol. The summed E-state index contributed by atoms with van der Waals surface area (Å²) in [4.78, 5) is 12.2. The van der Waals surface area contributed by atoms with Gasteiger partial charge in [-0.25, -0.2) is 8.78 Å². The number of ether oxygens (including phenoxy) is 2. The molecule has 3 nitrogen and oxygen atoms in total. The van der Waals surface area contributed by atoms with Gasteiger partial charge >= 0.3 is 0 Å². The summed E-state index contributed by atoms with van der Waals surface area (Å²) >= 11 is 0. The molecule has 0 aliphatic heterocycles. The van der Waals surface area contributed by atoms with E-state index in [1.807, 2.05) is 30.3 Å². The molecule has 0 radical (unpaired) electrons. The number of allylic oxidation sites excluding steroid dienone is 1. The molecule has 0 atom stereocenters. The quantitative estimate of drug-likeness (QED) is 0.404. The summed E-state index contributed by atoms with van der Waals surface area (Å²) < 4.78 is 37.4. The van der Waals surface area contributed by atoms with Crippen molar-refractivity contribution in [1.82, 2.24) is 0 Å². The molecule has 0 N–H and O–H groups in total. The molecule has 142 valence electrons. The molecule has 0 bridgehead atoms. The summed E-state index contributed by atoms with van der Waals surface area (Å²) in [7, 11) is 1.55. The predicted molar refractivity (Wildman–Crippen MR) is 103 cm³/mol. The Kier molecular flexibility index (Phi) is 6.17. The number of ketones is 1. The largest absolute Gasteiger partial charge is 0.493 e. The van der Waals surface area contributed by atoms with Gasteiger partial charge in [0.2, 0.25) is 0 Å². The first-order valence-electron chi connectivity index (χ1n) is 8.59. The van der Waals surface area contributed by atoms with Crippen LogP contribution in [0.5, 0.6) is 11.5 Å². The number of hydrogen-bond donors (Lipinski definition) is 0. The summed E-state index contributed by atoms with van der Waals surface area (Å²) in [6.45, 7) is 0.373. The molecule has 0 saturated carbocycles. The highest BCUT2D eigenvalue weighted by atomic mass is 19.2. The zero-order valence-electron chi connectivity index (χ0n) is 15.2. The fourth-order valence-electron chi connectivity index (χ4n) is 2.56. The first-order chi connectivity index (χ1) is 13.6. The second-order valence-corrected chi connectivity index (χ2v) is 6.01. The van der Waals surface area contributed by atoms with Crippen molar-refractivity contribution in [3.63, 3.8) is 0 Å². The van der Waals surface area contributed by atoms with Gasteiger partial charge in [-0.15, -0.1) is 0 Å². The first kappa shape index (κ1) is 19.3. The van der Waals surface area contributed by atoms with Gasteiger partial charge in [-0.05, 0) is 47.5 Å². The second-order valence-electron chi connectivity index (χ2n) is 6.01. The van der Waals surface area contributed by atoms with E-state index in [-0.39, 0.29) is 5.56 Å². The fraction of sp³-hybridized carbons (Fsp3) is 0.0870. The van der Waals surface area contributed by atoms with Crippen molar-refractivity contribution < 1.29 is 23.0 Å². The molecule has 0 aliphatic carbocycles. The van der Waals surface area contributed by atoms with Crippen LogP contribution in [0.2, 0.25) is 0 Å². The lowest BCUT2D eigenvalue weighted by Crippen LogP contribution is -1.98. The molecule has 0 fully saturated rings. The summed E-state index contributed by atoms with van der Waals surface area (Å²) in [5, 5.41) is 0. The standard InChI is InChI=1S/C23H18F2O3/c1-27-22-12-8-16(13-23(22)28-15-17-5-3-2-4-6-17)7-11-21(26)18-9-10-19(24)20(25)14-18/h2-14H,15H2,1H3/b11-7+. The number of benzene rings is 3. The van der Waals surface area contributed by atoms with E-state index in [0.29, 0.717) is 23.7 Å². The number of carbonyl (C=O) groups is 1. The van der Waals surface area contributed by atoms with E-state index in [4.69, 9.17) is 9.47 Å². The minimum atomic E-state index is -1.06. The van der Waals surface area contributed by atoms with Crippen molar-refractivity contribution in [3.8, 4) is 11.5 Å². The Bertz CT molecular complexity index is 998. The molecule has 0 aliphatic rings. The summed E-state index contributed by atoms with van der Waals surface area (Å²) in [6, 6.07) is 18.0. The molecule has 0 heterocycles. The molecule has 0 amide bonds. The normalized spacial score (nSPS) is 10.8. The van der Waals surface area contributed by atoms with Crippen molar-refractivity contribution in [1.29, 1.82) is 0 Å². The highest BCUT2D eigenvalue weighted by molar-refractivity contribution is 6.06. The second kappa shape index (κ2) is 8.95. The number of hydrogen-bond acceptors (Lipinski definition) is 3. The van der Waals surface area contributed by atoms with E-state index >= 15 is 0 Å². The van der Waals surface area contributed by atoms with Crippen molar-refractivity contribution in [2.24, 2.45) is 0 Å². The Morgan fingerprint density at radius 2 is 1.71 bits per heavy atom. The van der Waals surface area contributed by atoms with E-state index in [1.165, 1.54) is 12.1 Å². The van der Waals surface area contributed by atoms with Crippen LogP contribution in [0.4, 0.5) is 8.78 Å². The van der Waals surface area contributed by atoms with Crippen molar-refractivity contribution >= 4 is 11.9 Å². The van der Waals surface area contributed by atoms with Crippen LogP contribution in [0.15, 0.2) is 72.8 Å². The topological polar surface area (TPSA) is 35.5 Å². The maximum Gasteiger partial charge on any atom is 0.185 e. The average Bonchev–Trinajstić information content (AvgIpc) is 2.73. The highest BCUT2D eigenvalue weighted by Gasteiger charge is 2.08. The summed E-state index contributed by atoms with van der Waals surface area (Å²) in [6.07, 6.45) is 2.88. The van der Waals surface area contributed by atoms with E-state index in [2.05, 4.69) is 0 Å². The molecule has 3 aromatic rings. The van der Waals surface area contributed by atoms with Gasteiger partial charge in [0.1, 0.15) is 6.61 Å². The van der Waals surface area contributed by atoms with E-state index in [1.54, 1.807) is 31.4 Å². The number of halogens is 2. The Hall–Kier alpha value is -3.47. The smallest absolute Gasteiger partial charge is 0.185 e. The molecule has 0 saturated heterocycles. The van der Waals surface area contributed by atoms with Crippen LogP contribution >= 0.6 is 0 Å². The Morgan fingerprint density at radius 3 is 2.43 bits per heavy atom. The predicted octanol–water partition coefficient (Wildman–Crippen LogP) is 5.45. The van der Waals surface area contributed by atoms with E-state index in [0.717, 1.165) is 17.7 Å². The van der Waals surface area contributed by atoms with Gasteiger partial charge in [0.25, 0.3) is 0 Å². The van der Waals surface area contributed by atoms with Gasteiger partial charge in [0.05, 0.1) is 7.11 Å². The SMILES string of the molecule is COc1ccc(/C=C/C(=O)c2ccc(F)c(F)c2)cc1OCc1ccccc1. The molecular formula is C23H18F2O3. The molecule has 5 heteroatoms. The Labute approximate surface area is 161 Å². The van der Waals surface area contributed by atoms with Crippen molar-refractivity contribution in [2.45, 2.75) is 6.61 Å². The lowest BCUT2D eigenvalue weighted by Gasteiger charge is -2.11. The highest BCUT2D eigenvalue weighted by Crippen LogP contribution is 2.29. The van der Waals surface area contributed by atoms with Gasteiger partial charge < -0.3 is 9.47 Å². The van der Waals surface area contributed by atoms with Crippen LogP contribution in [0.1, 0.15) is 21.5 Å². The minimum absolute atomic E-state index is 0.0733. The monoisotopic (exact) mass is 380 g/mol. The molecule has 28 heavy (non-hydrogen) atoms. The van der Waals surface area contributed by atoms with Gasteiger partial charge in [0, 0.05) is 5.56 Å². The zero-order chi connectivity index (χ0) is 19.9. The third kappa shape index (κ3) is 4.82. The zero-order valence-corrected chi connectivity index (χ0v) is 15.2. The molecule has 3 rings (SSSR count). The van der Waals surface area contributed by atoms with Gasteiger partial charge in [-0.3, -0.25) is 4.79 Å². The fourth-order valence-corrected chi connectivity index (χ4v) is 2.56. The molecule has 3 aromatic carbocycles. The maximum atomic E-state index is 13.3. The molecular weight excluding hydrogens is 362 g/mol. The molecule has 0 unspecified atom stereocenters. The van der Waals surface area contributed by atoms with Crippen LogP contribution in [0.3, 0.4) is 0 Å². The Balaban J connectivity index is 1.75. The van der Waals surface area contributed by atoms with Crippen molar-refractivity contribution in [2.75, 3.05) is 7.11 Å². The van der Waals surface area contributed by atoms with Crippen LogP contribution in [-0.2, 0) is 6.61 Å². The third-order valence-corrected chi connectivity index (χ3v) is 4.06. The maximum absolute atomic E-state index is 13.3. The summed E-state index contributed by atoms with van der Waals surface area (Å²) in [5.74, 6) is -1.37. The first-order valence-corrected chi connectivity index (χ1v) is 8.59.